The molecule has 0 fully saturated rings. The molecule has 0 saturated carbocycles. The van der Waals surface area contributed by atoms with Crippen molar-refractivity contribution < 1.29 is 4.79 Å². The highest BCUT2D eigenvalue weighted by atomic mass is 16.1. The lowest BCUT2D eigenvalue weighted by molar-refractivity contribution is 0.100. The van der Waals surface area contributed by atoms with Crippen molar-refractivity contribution in [3.05, 3.63) is 23.9 Å². The van der Waals surface area contributed by atoms with Crippen LogP contribution in [-0.4, -0.2) is 22.2 Å². The quantitative estimate of drug-likeness (QED) is 0.796. The van der Waals surface area contributed by atoms with Crippen LogP contribution in [-0.2, 0) is 7.05 Å². The van der Waals surface area contributed by atoms with Gasteiger partial charge in [0.05, 0.1) is 0 Å². The van der Waals surface area contributed by atoms with Gasteiger partial charge in [0, 0.05) is 19.8 Å². The van der Waals surface area contributed by atoms with Crippen molar-refractivity contribution in [3.8, 4) is 0 Å². The lowest BCUT2D eigenvalue weighted by Crippen LogP contribution is -2.17. The monoisotopic (exact) mass is 248 g/mol. The topological polar surface area (TPSA) is 72.9 Å². The molecule has 1 aromatic rings. The molecule has 0 spiro atoms. The van der Waals surface area contributed by atoms with Crippen LogP contribution < -0.4 is 11.1 Å². The summed E-state index contributed by atoms with van der Waals surface area (Å²) in [5, 5.41) is 7.45. The van der Waals surface area contributed by atoms with Gasteiger partial charge in [0.1, 0.15) is 5.56 Å². The number of hydrogen-bond acceptors (Lipinski definition) is 3. The molecule has 1 amide bonds. The molecule has 1 aliphatic rings. The fraction of sp³-hybridized carbons (Fsp3) is 0.538. The minimum absolute atomic E-state index is 0.443. The van der Waals surface area contributed by atoms with Gasteiger partial charge in [-0.15, -0.1) is 0 Å². The second kappa shape index (κ2) is 5.71. The van der Waals surface area contributed by atoms with E-state index in [2.05, 4.69) is 22.6 Å². The summed E-state index contributed by atoms with van der Waals surface area (Å²) >= 11 is 0. The molecule has 18 heavy (non-hydrogen) atoms. The number of carbonyl (C=O) groups is 1. The second-order valence-electron chi connectivity index (χ2n) is 4.78. The van der Waals surface area contributed by atoms with E-state index in [1.165, 1.54) is 25.7 Å². The van der Waals surface area contributed by atoms with Crippen LogP contribution in [0.25, 0.3) is 0 Å². The smallest absolute Gasteiger partial charge is 0.254 e. The van der Waals surface area contributed by atoms with Gasteiger partial charge < -0.3 is 11.1 Å². The Morgan fingerprint density at radius 3 is 3.22 bits per heavy atom. The fourth-order valence-electron chi connectivity index (χ4n) is 2.25. The summed E-state index contributed by atoms with van der Waals surface area (Å²) in [6, 6.07) is 0. The number of aryl methyl sites for hydroxylation is 1. The predicted octanol–water partition coefficient (Wildman–Crippen LogP) is 1.68. The second-order valence-corrected chi connectivity index (χ2v) is 4.78. The Labute approximate surface area is 107 Å². The van der Waals surface area contributed by atoms with Crippen LogP contribution in [0.2, 0.25) is 0 Å². The molecule has 0 aliphatic heterocycles. The highest BCUT2D eigenvalue weighted by Gasteiger charge is 2.14. The van der Waals surface area contributed by atoms with E-state index in [-0.39, 0.29) is 0 Å². The van der Waals surface area contributed by atoms with E-state index in [1.54, 1.807) is 17.9 Å². The first-order valence-electron chi connectivity index (χ1n) is 6.41. The molecule has 0 saturated heterocycles. The van der Waals surface area contributed by atoms with E-state index in [0.29, 0.717) is 17.3 Å². The summed E-state index contributed by atoms with van der Waals surface area (Å²) in [5.74, 6) is 0.653. The predicted molar refractivity (Wildman–Crippen MR) is 71.3 cm³/mol. The molecule has 5 heteroatoms. The number of allylic oxidation sites excluding steroid dienone is 1. The van der Waals surface area contributed by atoms with Gasteiger partial charge in [-0.25, -0.2) is 0 Å². The Morgan fingerprint density at radius 1 is 1.61 bits per heavy atom. The normalized spacial score (nSPS) is 19.5. The molecular formula is C13H20N4O. The van der Waals surface area contributed by atoms with E-state index >= 15 is 0 Å². The lowest BCUT2D eigenvalue weighted by atomic mass is 10.0. The summed E-state index contributed by atoms with van der Waals surface area (Å²) < 4.78 is 1.60. The molecule has 1 atom stereocenters. The maximum Gasteiger partial charge on any atom is 0.254 e. The molecule has 3 N–H and O–H groups in total. The molecule has 1 unspecified atom stereocenters. The van der Waals surface area contributed by atoms with Gasteiger partial charge in [-0.2, -0.15) is 5.10 Å². The molecule has 0 bridgehead atoms. The van der Waals surface area contributed by atoms with Crippen LogP contribution >= 0.6 is 0 Å². The third-order valence-corrected chi connectivity index (χ3v) is 3.23. The molecule has 0 aromatic carbocycles. The van der Waals surface area contributed by atoms with Crippen molar-refractivity contribution in [2.75, 3.05) is 11.9 Å². The van der Waals surface area contributed by atoms with Gasteiger partial charge >= 0.3 is 0 Å². The molecule has 0 radical (unpaired) electrons. The summed E-state index contributed by atoms with van der Waals surface area (Å²) in [6.07, 6.45) is 11.0. The molecular weight excluding hydrogens is 228 g/mol. The zero-order valence-corrected chi connectivity index (χ0v) is 10.7. The van der Waals surface area contributed by atoms with Crippen LogP contribution in [0.3, 0.4) is 0 Å². The fourth-order valence-corrected chi connectivity index (χ4v) is 2.25. The average Bonchev–Trinajstić information content (AvgIpc) is 2.55. The Morgan fingerprint density at radius 2 is 2.44 bits per heavy atom. The first-order valence-corrected chi connectivity index (χ1v) is 6.41. The van der Waals surface area contributed by atoms with Gasteiger partial charge in [-0.1, -0.05) is 18.6 Å². The van der Waals surface area contributed by atoms with E-state index in [1.807, 2.05) is 0 Å². The van der Waals surface area contributed by atoms with E-state index in [0.717, 1.165) is 6.54 Å². The van der Waals surface area contributed by atoms with Gasteiger partial charge in [-0.3, -0.25) is 9.48 Å². The first-order chi connectivity index (χ1) is 8.66. The van der Waals surface area contributed by atoms with E-state index in [4.69, 9.17) is 5.73 Å². The SMILES string of the molecule is Cn1cc(C(N)=O)c(NCC2C=CCCCC2)n1. The highest BCUT2D eigenvalue weighted by molar-refractivity contribution is 5.97. The van der Waals surface area contributed by atoms with Gasteiger partial charge in [-0.05, 0) is 25.2 Å². The van der Waals surface area contributed by atoms with Crippen LogP contribution in [0.5, 0.6) is 0 Å². The summed E-state index contributed by atoms with van der Waals surface area (Å²) in [4.78, 5) is 11.3. The maximum absolute atomic E-state index is 11.3. The van der Waals surface area contributed by atoms with Crippen molar-refractivity contribution in [2.45, 2.75) is 25.7 Å². The first kappa shape index (κ1) is 12.7. The van der Waals surface area contributed by atoms with Crippen molar-refractivity contribution in [1.29, 1.82) is 0 Å². The third-order valence-electron chi connectivity index (χ3n) is 3.23. The summed E-state index contributed by atoms with van der Waals surface area (Å²) in [6.45, 7) is 0.799. The standard InChI is InChI=1S/C13H20N4O/c1-17-9-11(12(14)18)13(16-17)15-8-10-6-4-2-3-5-7-10/h4,6,9-10H,2-3,5,7-8H2,1H3,(H2,14,18)(H,15,16). The lowest BCUT2D eigenvalue weighted by Gasteiger charge is -2.12. The number of nitrogens with one attached hydrogen (secondary N) is 1. The molecule has 5 nitrogen and oxygen atoms in total. The molecule has 2 rings (SSSR count). The number of nitrogens with zero attached hydrogens (tertiary/aromatic N) is 2. The Bertz CT molecular complexity index is 450. The molecule has 1 heterocycles. The zero-order valence-electron chi connectivity index (χ0n) is 10.7. The van der Waals surface area contributed by atoms with Gasteiger partial charge in [0.2, 0.25) is 0 Å². The Kier molecular flexibility index (Phi) is 4.02. The number of amides is 1. The van der Waals surface area contributed by atoms with Crippen LogP contribution in [0, 0.1) is 5.92 Å². The number of aromatic nitrogens is 2. The minimum Gasteiger partial charge on any atom is -0.367 e. The number of primary amides is 1. The highest BCUT2D eigenvalue weighted by Crippen LogP contribution is 2.18. The van der Waals surface area contributed by atoms with Gasteiger partial charge in [0.15, 0.2) is 5.82 Å². The minimum atomic E-state index is -0.443. The number of rotatable bonds is 4. The number of nitrogens with two attached hydrogens (primary N) is 1. The Hall–Kier alpha value is -1.78. The Balaban J connectivity index is 1.98. The largest absolute Gasteiger partial charge is 0.367 e. The molecule has 98 valence electrons. The third kappa shape index (κ3) is 3.12. The number of anilines is 1. The van der Waals surface area contributed by atoms with Crippen LogP contribution in [0.1, 0.15) is 36.0 Å². The molecule has 1 aliphatic carbocycles. The van der Waals surface area contributed by atoms with Crippen molar-refractivity contribution in [1.82, 2.24) is 9.78 Å². The van der Waals surface area contributed by atoms with Crippen molar-refractivity contribution in [2.24, 2.45) is 18.7 Å². The van der Waals surface area contributed by atoms with Crippen LogP contribution in [0.4, 0.5) is 5.82 Å². The molecule has 1 aromatic heterocycles. The number of carbonyl (C=O) groups excluding carboxylic acids is 1. The summed E-state index contributed by atoms with van der Waals surface area (Å²) in [5.41, 5.74) is 5.77. The van der Waals surface area contributed by atoms with Crippen molar-refractivity contribution >= 4 is 11.7 Å². The number of hydrogen-bond donors (Lipinski definition) is 2. The van der Waals surface area contributed by atoms with Crippen molar-refractivity contribution in [3.63, 3.8) is 0 Å². The maximum atomic E-state index is 11.3. The summed E-state index contributed by atoms with van der Waals surface area (Å²) in [7, 11) is 1.78. The van der Waals surface area contributed by atoms with E-state index < -0.39 is 5.91 Å². The van der Waals surface area contributed by atoms with E-state index in [9.17, 15) is 4.79 Å². The van der Waals surface area contributed by atoms with Gasteiger partial charge in [0.25, 0.3) is 5.91 Å². The van der Waals surface area contributed by atoms with Crippen LogP contribution in [0.15, 0.2) is 18.3 Å². The zero-order chi connectivity index (χ0) is 13.0. The average molecular weight is 248 g/mol.